The minimum absolute atomic E-state index is 0.0970. The lowest BCUT2D eigenvalue weighted by Gasteiger charge is -2.22. The maximum absolute atomic E-state index is 12.5. The van der Waals surface area contributed by atoms with Gasteiger partial charge in [0.1, 0.15) is 6.61 Å². The number of ether oxygens (including phenoxy) is 1. The highest BCUT2D eigenvalue weighted by atomic mass is 16.7. The Kier molecular flexibility index (Phi) is 5.66. The number of amides is 2. The van der Waals surface area contributed by atoms with E-state index in [1.54, 1.807) is 24.3 Å². The van der Waals surface area contributed by atoms with Crippen LogP contribution in [-0.4, -0.2) is 29.0 Å². The molecule has 0 bridgehead atoms. The van der Waals surface area contributed by atoms with Gasteiger partial charge in [0.05, 0.1) is 11.1 Å². The number of hydroxylamine groups is 2. The number of rotatable bonds is 7. The van der Waals surface area contributed by atoms with E-state index in [0.29, 0.717) is 11.5 Å². The molecule has 1 atom stereocenters. The first kappa shape index (κ1) is 18.8. The summed E-state index contributed by atoms with van der Waals surface area (Å²) in [5, 5.41) is 0.668. The van der Waals surface area contributed by atoms with Crippen LogP contribution < -0.4 is 0 Å². The highest BCUT2D eigenvalue weighted by molar-refractivity contribution is 6.20. The molecule has 0 saturated heterocycles. The van der Waals surface area contributed by atoms with Gasteiger partial charge >= 0.3 is 5.97 Å². The van der Waals surface area contributed by atoms with Crippen molar-refractivity contribution in [1.82, 2.24) is 5.06 Å². The minimum Gasteiger partial charge on any atom is -0.459 e. The summed E-state index contributed by atoms with van der Waals surface area (Å²) in [7, 11) is 0. The molecule has 0 aromatic heterocycles. The Morgan fingerprint density at radius 3 is 2.04 bits per heavy atom. The van der Waals surface area contributed by atoms with E-state index in [0.717, 1.165) is 5.56 Å². The standard InChI is InChI=1S/C21H21NO5/c1-14(2)12-18(21(25)26-13-15-8-4-3-5-9-15)27-22-19(23)16-10-6-7-11-17(16)20(22)24/h3-11,14,18H,12-13H2,1-2H3/t18-/m0/s1. The third-order valence-corrected chi connectivity index (χ3v) is 4.16. The fourth-order valence-electron chi connectivity index (χ4n) is 2.82. The quantitative estimate of drug-likeness (QED) is 0.554. The van der Waals surface area contributed by atoms with E-state index in [1.165, 1.54) is 0 Å². The normalized spacial score (nSPS) is 14.4. The summed E-state index contributed by atoms with van der Waals surface area (Å²) in [6.45, 7) is 3.94. The first-order valence-electron chi connectivity index (χ1n) is 8.82. The lowest BCUT2D eigenvalue weighted by Crippen LogP contribution is -2.39. The number of esters is 1. The maximum Gasteiger partial charge on any atom is 0.338 e. The molecule has 2 aromatic carbocycles. The molecule has 0 saturated carbocycles. The second-order valence-electron chi connectivity index (χ2n) is 6.77. The summed E-state index contributed by atoms with van der Waals surface area (Å²) in [6.07, 6.45) is -0.725. The molecule has 2 aromatic rings. The Morgan fingerprint density at radius 2 is 1.48 bits per heavy atom. The van der Waals surface area contributed by atoms with Crippen LogP contribution in [0.15, 0.2) is 54.6 Å². The van der Waals surface area contributed by atoms with E-state index in [4.69, 9.17) is 9.57 Å². The zero-order valence-electron chi connectivity index (χ0n) is 15.3. The van der Waals surface area contributed by atoms with Crippen molar-refractivity contribution < 1.29 is 24.0 Å². The molecule has 6 nitrogen and oxygen atoms in total. The number of hydrogen-bond donors (Lipinski definition) is 0. The molecule has 1 aliphatic rings. The van der Waals surface area contributed by atoms with Gasteiger partial charge in [0.15, 0.2) is 6.10 Å². The van der Waals surface area contributed by atoms with Crippen LogP contribution in [0.5, 0.6) is 0 Å². The zero-order chi connectivity index (χ0) is 19.4. The van der Waals surface area contributed by atoms with Crippen LogP contribution in [-0.2, 0) is 21.0 Å². The van der Waals surface area contributed by atoms with E-state index in [1.807, 2.05) is 44.2 Å². The Labute approximate surface area is 157 Å². The van der Waals surface area contributed by atoms with Gasteiger partial charge in [0.2, 0.25) is 0 Å². The molecule has 0 fully saturated rings. The largest absolute Gasteiger partial charge is 0.459 e. The number of nitrogens with zero attached hydrogens (tertiary/aromatic N) is 1. The zero-order valence-corrected chi connectivity index (χ0v) is 15.3. The predicted octanol–water partition coefficient (Wildman–Crippen LogP) is 3.37. The number of fused-ring (bicyclic) bond motifs is 1. The van der Waals surface area contributed by atoms with Gasteiger partial charge in [-0.1, -0.05) is 56.3 Å². The molecule has 0 unspecified atom stereocenters. The fraction of sp³-hybridized carbons (Fsp3) is 0.286. The molecular weight excluding hydrogens is 346 g/mol. The topological polar surface area (TPSA) is 72.9 Å². The van der Waals surface area contributed by atoms with Crippen molar-refractivity contribution in [2.45, 2.75) is 33.0 Å². The van der Waals surface area contributed by atoms with Crippen molar-refractivity contribution in [3.8, 4) is 0 Å². The molecule has 0 N–H and O–H groups in total. The summed E-state index contributed by atoms with van der Waals surface area (Å²) in [5.74, 6) is -1.64. The molecule has 0 spiro atoms. The second-order valence-corrected chi connectivity index (χ2v) is 6.77. The Hall–Kier alpha value is -2.99. The third kappa shape index (κ3) is 4.23. The average molecular weight is 367 g/mol. The van der Waals surface area contributed by atoms with Crippen LogP contribution in [0, 0.1) is 5.92 Å². The van der Waals surface area contributed by atoms with E-state index in [-0.39, 0.29) is 23.7 Å². The number of carbonyl (C=O) groups excluding carboxylic acids is 3. The van der Waals surface area contributed by atoms with Crippen molar-refractivity contribution in [3.63, 3.8) is 0 Å². The second kappa shape index (κ2) is 8.14. The molecule has 1 aliphatic heterocycles. The van der Waals surface area contributed by atoms with Gasteiger partial charge in [-0.25, -0.2) is 9.63 Å². The summed E-state index contributed by atoms with van der Waals surface area (Å²) in [5.41, 5.74) is 1.38. The highest BCUT2D eigenvalue weighted by Crippen LogP contribution is 2.25. The van der Waals surface area contributed by atoms with Gasteiger partial charge < -0.3 is 4.74 Å². The van der Waals surface area contributed by atoms with Crippen molar-refractivity contribution in [2.75, 3.05) is 0 Å². The number of carbonyl (C=O) groups is 3. The lowest BCUT2D eigenvalue weighted by atomic mass is 10.1. The summed E-state index contributed by atoms with van der Waals surface area (Å²) >= 11 is 0. The van der Waals surface area contributed by atoms with Crippen molar-refractivity contribution >= 4 is 17.8 Å². The molecule has 140 valence electrons. The highest BCUT2D eigenvalue weighted by Gasteiger charge is 2.39. The minimum atomic E-state index is -1.05. The summed E-state index contributed by atoms with van der Waals surface area (Å²) < 4.78 is 5.34. The van der Waals surface area contributed by atoms with Gasteiger partial charge in [-0.05, 0) is 30.0 Å². The van der Waals surface area contributed by atoms with Crippen molar-refractivity contribution in [2.24, 2.45) is 5.92 Å². The monoisotopic (exact) mass is 367 g/mol. The van der Waals surface area contributed by atoms with Crippen LogP contribution >= 0.6 is 0 Å². The van der Waals surface area contributed by atoms with Crippen LogP contribution in [0.2, 0.25) is 0 Å². The lowest BCUT2D eigenvalue weighted by molar-refractivity contribution is -0.183. The van der Waals surface area contributed by atoms with Gasteiger partial charge in [0.25, 0.3) is 11.8 Å². The summed E-state index contributed by atoms with van der Waals surface area (Å²) in [6, 6.07) is 15.7. The van der Waals surface area contributed by atoms with Crippen LogP contribution in [0.1, 0.15) is 46.5 Å². The molecule has 2 amide bonds. The molecule has 27 heavy (non-hydrogen) atoms. The maximum atomic E-state index is 12.5. The predicted molar refractivity (Wildman–Crippen MR) is 97.5 cm³/mol. The molecule has 0 aliphatic carbocycles. The Morgan fingerprint density at radius 1 is 0.926 bits per heavy atom. The molecule has 0 radical (unpaired) electrons. The number of benzene rings is 2. The first-order chi connectivity index (χ1) is 13.0. The molecule has 6 heteroatoms. The number of imide groups is 1. The Balaban J connectivity index is 1.71. The SMILES string of the molecule is CC(C)C[C@H](ON1C(=O)c2ccccc2C1=O)C(=O)OCc1ccccc1. The number of hydrogen-bond acceptors (Lipinski definition) is 5. The third-order valence-electron chi connectivity index (χ3n) is 4.16. The smallest absolute Gasteiger partial charge is 0.338 e. The van der Waals surface area contributed by atoms with Crippen LogP contribution in [0.3, 0.4) is 0 Å². The van der Waals surface area contributed by atoms with Crippen LogP contribution in [0.4, 0.5) is 0 Å². The summed E-state index contributed by atoms with van der Waals surface area (Å²) in [4.78, 5) is 43.0. The van der Waals surface area contributed by atoms with E-state index in [9.17, 15) is 14.4 Å². The first-order valence-corrected chi connectivity index (χ1v) is 8.82. The van der Waals surface area contributed by atoms with E-state index >= 15 is 0 Å². The van der Waals surface area contributed by atoms with Gasteiger partial charge in [-0.3, -0.25) is 9.59 Å². The Bertz CT molecular complexity index is 812. The average Bonchev–Trinajstić information content (AvgIpc) is 2.91. The molecular formula is C21H21NO5. The van der Waals surface area contributed by atoms with Crippen molar-refractivity contribution in [3.05, 3.63) is 71.3 Å². The van der Waals surface area contributed by atoms with Gasteiger partial charge in [-0.15, -0.1) is 5.06 Å². The van der Waals surface area contributed by atoms with E-state index < -0.39 is 23.9 Å². The molecule has 1 heterocycles. The van der Waals surface area contributed by atoms with E-state index in [2.05, 4.69) is 0 Å². The molecule has 3 rings (SSSR count). The van der Waals surface area contributed by atoms with Gasteiger partial charge in [0, 0.05) is 0 Å². The van der Waals surface area contributed by atoms with Crippen molar-refractivity contribution in [1.29, 1.82) is 0 Å². The van der Waals surface area contributed by atoms with Crippen LogP contribution in [0.25, 0.3) is 0 Å². The fourth-order valence-corrected chi connectivity index (χ4v) is 2.82. The van der Waals surface area contributed by atoms with Gasteiger partial charge in [-0.2, -0.15) is 0 Å².